The van der Waals surface area contributed by atoms with Crippen molar-refractivity contribution < 1.29 is 28.2 Å². The molecule has 1 aliphatic heterocycles. The maximum absolute atomic E-state index is 13.2. The van der Waals surface area contributed by atoms with Crippen molar-refractivity contribution in [2.75, 3.05) is 19.7 Å². The van der Waals surface area contributed by atoms with Gasteiger partial charge in [0.25, 0.3) is 0 Å². The van der Waals surface area contributed by atoms with E-state index in [1.54, 1.807) is 4.90 Å². The zero-order chi connectivity index (χ0) is 24.2. The lowest BCUT2D eigenvalue weighted by Crippen LogP contribution is -2.57. The smallest absolute Gasteiger partial charge is 0.410 e. The van der Waals surface area contributed by atoms with Gasteiger partial charge in [0.15, 0.2) is 14.4 Å². The van der Waals surface area contributed by atoms with E-state index in [1.807, 2.05) is 51.1 Å². The van der Waals surface area contributed by atoms with Gasteiger partial charge in [-0.15, -0.1) is 0 Å². The number of benzene rings is 1. The lowest BCUT2D eigenvalue weighted by Gasteiger charge is -2.42. The summed E-state index contributed by atoms with van der Waals surface area (Å²) < 4.78 is 23.5. The summed E-state index contributed by atoms with van der Waals surface area (Å²) in [5.41, 5.74) is 0.295. The molecule has 8 heteroatoms. The third kappa shape index (κ3) is 7.60. The van der Waals surface area contributed by atoms with Gasteiger partial charge in [-0.05, 0) is 44.5 Å². The van der Waals surface area contributed by atoms with Gasteiger partial charge < -0.3 is 23.5 Å². The van der Waals surface area contributed by atoms with Crippen molar-refractivity contribution in [2.45, 2.75) is 84.1 Å². The molecule has 2 atom stereocenters. The average molecular weight is 466 g/mol. The molecule has 1 saturated heterocycles. The second kappa shape index (κ2) is 10.4. The first-order chi connectivity index (χ1) is 14.7. The maximum atomic E-state index is 13.2. The summed E-state index contributed by atoms with van der Waals surface area (Å²) in [5.74, 6) is -0.477. The van der Waals surface area contributed by atoms with E-state index in [4.69, 9.17) is 18.6 Å². The molecule has 2 rings (SSSR count). The molecule has 0 bridgehead atoms. The number of ether oxygens (including phenoxy) is 3. The van der Waals surface area contributed by atoms with E-state index < -0.39 is 38.2 Å². The molecule has 1 amide bonds. The van der Waals surface area contributed by atoms with E-state index in [9.17, 15) is 9.59 Å². The van der Waals surface area contributed by atoms with E-state index in [0.717, 1.165) is 5.56 Å². The molecule has 1 aliphatic rings. The van der Waals surface area contributed by atoms with Gasteiger partial charge in [-0.25, -0.2) is 9.59 Å². The Hall–Kier alpha value is -1.90. The van der Waals surface area contributed by atoms with Gasteiger partial charge in [0.2, 0.25) is 0 Å². The van der Waals surface area contributed by atoms with E-state index in [1.165, 1.54) is 0 Å². The summed E-state index contributed by atoms with van der Waals surface area (Å²) in [5, 5.41) is -0.107. The van der Waals surface area contributed by atoms with Crippen LogP contribution in [0.2, 0.25) is 18.1 Å². The molecule has 1 aromatic carbocycles. The summed E-state index contributed by atoms with van der Waals surface area (Å²) in [7, 11) is -2.33. The molecule has 7 nitrogen and oxygen atoms in total. The standard InChI is InChI=1S/C24H39NO6Si/c1-23(2,3)30-22(27)25-14-15-28-19(16-25)20(31-32(7,8)24(4,5)6)21(26)29-17-18-12-10-9-11-13-18/h9-13,19-20H,14-17H2,1-8H3/t19-,20?/m1/s1. The maximum Gasteiger partial charge on any atom is 0.410 e. The van der Waals surface area contributed by atoms with Crippen LogP contribution in [0.5, 0.6) is 0 Å². The zero-order valence-corrected chi connectivity index (χ0v) is 21.8. The Bertz CT molecular complexity index is 769. The van der Waals surface area contributed by atoms with Crippen molar-refractivity contribution in [2.24, 2.45) is 0 Å². The number of morpholine rings is 1. The highest BCUT2D eigenvalue weighted by atomic mass is 28.4. The fourth-order valence-electron chi connectivity index (χ4n) is 2.93. The fraction of sp³-hybridized carbons (Fsp3) is 0.667. The molecule has 0 N–H and O–H groups in total. The molecular weight excluding hydrogens is 426 g/mol. The van der Waals surface area contributed by atoms with Crippen molar-refractivity contribution in [3.8, 4) is 0 Å². The minimum Gasteiger partial charge on any atom is -0.459 e. The van der Waals surface area contributed by atoms with Crippen LogP contribution in [0, 0.1) is 0 Å². The second-order valence-electron chi connectivity index (χ2n) is 10.7. The van der Waals surface area contributed by atoms with Crippen molar-refractivity contribution in [3.63, 3.8) is 0 Å². The Morgan fingerprint density at radius 1 is 1.12 bits per heavy atom. The number of esters is 1. The minimum atomic E-state index is -2.33. The Morgan fingerprint density at radius 2 is 1.75 bits per heavy atom. The summed E-state index contributed by atoms with van der Waals surface area (Å²) in [6.45, 7) is 17.0. The summed E-state index contributed by atoms with van der Waals surface area (Å²) in [6.07, 6.45) is -1.98. The summed E-state index contributed by atoms with van der Waals surface area (Å²) in [6, 6.07) is 9.51. The van der Waals surface area contributed by atoms with E-state index in [-0.39, 0.29) is 18.2 Å². The predicted molar refractivity (Wildman–Crippen MR) is 126 cm³/mol. The Balaban J connectivity index is 2.19. The molecule has 0 spiro atoms. The fourth-order valence-corrected chi connectivity index (χ4v) is 4.17. The average Bonchev–Trinajstić information content (AvgIpc) is 2.69. The highest BCUT2D eigenvalue weighted by Gasteiger charge is 2.45. The van der Waals surface area contributed by atoms with Gasteiger partial charge in [0.1, 0.15) is 18.3 Å². The van der Waals surface area contributed by atoms with Crippen LogP contribution in [-0.4, -0.2) is 62.8 Å². The molecule has 1 aromatic rings. The number of hydrogen-bond acceptors (Lipinski definition) is 6. The van der Waals surface area contributed by atoms with Crippen LogP contribution in [0.15, 0.2) is 30.3 Å². The molecule has 1 unspecified atom stereocenters. The van der Waals surface area contributed by atoms with Crippen molar-refractivity contribution in [1.82, 2.24) is 4.90 Å². The molecule has 32 heavy (non-hydrogen) atoms. The number of nitrogens with zero attached hydrogens (tertiary/aromatic N) is 1. The van der Waals surface area contributed by atoms with Crippen molar-refractivity contribution in [3.05, 3.63) is 35.9 Å². The Morgan fingerprint density at radius 3 is 2.31 bits per heavy atom. The highest BCUT2D eigenvalue weighted by Crippen LogP contribution is 2.38. The number of rotatable bonds is 6. The van der Waals surface area contributed by atoms with Gasteiger partial charge in [-0.3, -0.25) is 0 Å². The molecule has 180 valence electrons. The van der Waals surface area contributed by atoms with Gasteiger partial charge in [0, 0.05) is 6.54 Å². The number of amides is 1. The molecule has 1 fully saturated rings. The molecule has 0 saturated carbocycles. The Labute approximate surface area is 193 Å². The van der Waals surface area contributed by atoms with E-state index >= 15 is 0 Å². The van der Waals surface area contributed by atoms with Crippen molar-refractivity contribution in [1.29, 1.82) is 0 Å². The van der Waals surface area contributed by atoms with Crippen LogP contribution in [0.4, 0.5) is 4.79 Å². The second-order valence-corrected chi connectivity index (χ2v) is 15.5. The SMILES string of the molecule is CC(C)(C)OC(=O)N1CCO[C@@H](C(O[Si](C)(C)C(C)(C)C)C(=O)OCc2ccccc2)C1. The summed E-state index contributed by atoms with van der Waals surface area (Å²) >= 11 is 0. The van der Waals surface area contributed by atoms with Crippen LogP contribution in [0.1, 0.15) is 47.1 Å². The highest BCUT2D eigenvalue weighted by molar-refractivity contribution is 6.74. The molecule has 0 radical (unpaired) electrons. The van der Waals surface area contributed by atoms with Crippen LogP contribution < -0.4 is 0 Å². The number of carbonyl (C=O) groups excluding carboxylic acids is 2. The first kappa shape index (κ1) is 26.4. The minimum absolute atomic E-state index is 0.107. The van der Waals surface area contributed by atoms with Gasteiger partial charge in [-0.1, -0.05) is 51.1 Å². The van der Waals surface area contributed by atoms with Crippen LogP contribution in [-0.2, 0) is 30.0 Å². The van der Waals surface area contributed by atoms with Crippen LogP contribution in [0.3, 0.4) is 0 Å². The number of hydrogen-bond donors (Lipinski definition) is 0. The predicted octanol–water partition coefficient (Wildman–Crippen LogP) is 4.76. The van der Waals surface area contributed by atoms with Crippen molar-refractivity contribution >= 4 is 20.4 Å². The molecule has 0 aliphatic carbocycles. The molecular formula is C24H39NO6Si. The lowest BCUT2D eigenvalue weighted by molar-refractivity contribution is -0.166. The van der Waals surface area contributed by atoms with Crippen LogP contribution >= 0.6 is 0 Å². The first-order valence-corrected chi connectivity index (χ1v) is 14.1. The largest absolute Gasteiger partial charge is 0.459 e. The lowest BCUT2D eigenvalue weighted by atomic mass is 10.1. The van der Waals surface area contributed by atoms with Gasteiger partial charge in [0.05, 0.1) is 13.2 Å². The Kier molecular flexibility index (Phi) is 8.53. The summed E-state index contributed by atoms with van der Waals surface area (Å²) in [4.78, 5) is 27.4. The molecule has 0 aromatic heterocycles. The number of carbonyl (C=O) groups is 2. The normalized spacial score (nSPS) is 18.8. The van der Waals surface area contributed by atoms with E-state index in [0.29, 0.717) is 13.2 Å². The first-order valence-electron chi connectivity index (χ1n) is 11.2. The monoisotopic (exact) mass is 465 g/mol. The third-order valence-electron chi connectivity index (χ3n) is 5.77. The van der Waals surface area contributed by atoms with Gasteiger partial charge >= 0.3 is 12.1 Å². The third-order valence-corrected chi connectivity index (χ3v) is 10.2. The quantitative estimate of drug-likeness (QED) is 0.446. The van der Waals surface area contributed by atoms with Gasteiger partial charge in [-0.2, -0.15) is 0 Å². The zero-order valence-electron chi connectivity index (χ0n) is 20.8. The van der Waals surface area contributed by atoms with Crippen LogP contribution in [0.25, 0.3) is 0 Å². The topological polar surface area (TPSA) is 74.3 Å². The molecule has 1 heterocycles. The van der Waals surface area contributed by atoms with E-state index in [2.05, 4.69) is 33.9 Å².